The highest BCUT2D eigenvalue weighted by atomic mass is 16.5. The Balaban J connectivity index is 1.50. The van der Waals surface area contributed by atoms with E-state index in [1.54, 1.807) is 0 Å². The molecule has 5 rings (SSSR count). The van der Waals surface area contributed by atoms with Gasteiger partial charge in [0.2, 0.25) is 11.8 Å². The zero-order chi connectivity index (χ0) is 18.4. The molecule has 2 aliphatic rings. The molecule has 3 aromatic rings. The molecular weight excluding hydrogens is 342 g/mol. The van der Waals surface area contributed by atoms with E-state index in [2.05, 4.69) is 28.7 Å². The Kier molecular flexibility index (Phi) is 3.70. The van der Waals surface area contributed by atoms with Crippen LogP contribution < -0.4 is 5.32 Å². The minimum absolute atomic E-state index is 0.0171. The molecule has 3 heterocycles. The molecule has 6 heteroatoms. The van der Waals surface area contributed by atoms with Gasteiger partial charge in [-0.1, -0.05) is 47.6 Å². The predicted octanol–water partition coefficient (Wildman–Crippen LogP) is 2.66. The third-order valence-corrected chi connectivity index (χ3v) is 5.48. The van der Waals surface area contributed by atoms with Crippen molar-refractivity contribution in [3.05, 3.63) is 53.8 Å². The van der Waals surface area contributed by atoms with E-state index in [0.717, 1.165) is 33.4 Å². The maximum Gasteiger partial charge on any atom is 0.245 e. The van der Waals surface area contributed by atoms with Gasteiger partial charge in [-0.15, -0.1) is 0 Å². The number of rotatable bonds is 2. The Labute approximate surface area is 156 Å². The molecule has 1 fully saturated rings. The third kappa shape index (κ3) is 2.68. The molecule has 0 spiro atoms. The minimum atomic E-state index is -0.403. The summed E-state index contributed by atoms with van der Waals surface area (Å²) in [5, 5.41) is 9.37. The smallest absolute Gasteiger partial charge is 0.245 e. The molecule has 2 amide bonds. The zero-order valence-electron chi connectivity index (χ0n) is 14.8. The normalized spacial score (nSPS) is 19.2. The molecule has 1 unspecified atom stereocenters. The number of carbonyl (C=O) groups is 2. The van der Waals surface area contributed by atoms with Gasteiger partial charge in [0, 0.05) is 30.5 Å². The number of hydrogen-bond acceptors (Lipinski definition) is 4. The van der Waals surface area contributed by atoms with Crippen LogP contribution in [-0.2, 0) is 22.6 Å². The molecule has 0 radical (unpaired) electrons. The second-order valence-electron chi connectivity index (χ2n) is 7.13. The molecule has 0 saturated carbocycles. The van der Waals surface area contributed by atoms with Crippen LogP contribution in [0, 0.1) is 0 Å². The fourth-order valence-electron chi connectivity index (χ4n) is 4.06. The average Bonchev–Trinajstić information content (AvgIpc) is 3.32. The van der Waals surface area contributed by atoms with Crippen molar-refractivity contribution < 1.29 is 14.1 Å². The average molecular weight is 361 g/mol. The van der Waals surface area contributed by atoms with Crippen LogP contribution in [0.3, 0.4) is 0 Å². The number of carbonyl (C=O) groups excluding carboxylic acids is 2. The second-order valence-corrected chi connectivity index (χ2v) is 7.13. The van der Waals surface area contributed by atoms with Crippen LogP contribution in [0.15, 0.2) is 47.0 Å². The lowest BCUT2D eigenvalue weighted by molar-refractivity contribution is -0.135. The number of hydrogen-bond donors (Lipinski definition) is 1. The summed E-state index contributed by atoms with van der Waals surface area (Å²) in [6, 6.07) is 13.9. The molecule has 2 aromatic carbocycles. The number of nitrogens with zero attached hydrogens (tertiary/aromatic N) is 2. The van der Waals surface area contributed by atoms with Crippen molar-refractivity contribution in [2.75, 3.05) is 6.54 Å². The van der Waals surface area contributed by atoms with Crippen molar-refractivity contribution in [1.82, 2.24) is 15.4 Å². The fourth-order valence-corrected chi connectivity index (χ4v) is 4.06. The van der Waals surface area contributed by atoms with Crippen LogP contribution in [0.1, 0.15) is 24.2 Å². The zero-order valence-corrected chi connectivity index (χ0v) is 14.8. The van der Waals surface area contributed by atoms with Gasteiger partial charge in [0.25, 0.3) is 0 Å². The molecule has 2 aliphatic heterocycles. The van der Waals surface area contributed by atoms with Gasteiger partial charge in [-0.2, -0.15) is 0 Å². The van der Waals surface area contributed by atoms with E-state index in [9.17, 15) is 9.59 Å². The van der Waals surface area contributed by atoms with Gasteiger partial charge in [0.15, 0.2) is 0 Å². The van der Waals surface area contributed by atoms with Crippen molar-refractivity contribution in [1.29, 1.82) is 0 Å². The number of fused-ring (bicyclic) bond motifs is 2. The number of nitrogens with one attached hydrogen (secondary N) is 1. The Bertz CT molecular complexity index is 1050. The SMILES string of the molecule is O=C1CCC(C(=O)N2CCc3onc(-c4cccc5ccccc45)c3C2)N1. The van der Waals surface area contributed by atoms with Crippen molar-refractivity contribution in [2.24, 2.45) is 0 Å². The second kappa shape index (κ2) is 6.23. The third-order valence-electron chi connectivity index (χ3n) is 5.48. The summed E-state index contributed by atoms with van der Waals surface area (Å²) in [5.41, 5.74) is 2.78. The molecule has 27 heavy (non-hydrogen) atoms. The van der Waals surface area contributed by atoms with Crippen molar-refractivity contribution >= 4 is 22.6 Å². The molecule has 1 aromatic heterocycles. The van der Waals surface area contributed by atoms with Crippen molar-refractivity contribution in [3.63, 3.8) is 0 Å². The lowest BCUT2D eigenvalue weighted by Crippen LogP contribution is -2.46. The van der Waals surface area contributed by atoms with Crippen LogP contribution in [-0.4, -0.2) is 34.5 Å². The van der Waals surface area contributed by atoms with Crippen molar-refractivity contribution in [3.8, 4) is 11.3 Å². The Morgan fingerprint density at radius 2 is 2.00 bits per heavy atom. The standard InChI is InChI=1S/C21H19N3O3/c25-19-9-8-17(22-19)21(26)24-11-10-18-16(12-24)20(23-27-18)15-7-3-5-13-4-1-2-6-14(13)15/h1-7,17H,8-12H2,(H,22,25). The maximum atomic E-state index is 12.8. The van der Waals surface area contributed by atoms with Gasteiger partial charge in [0.05, 0.1) is 6.54 Å². The Hall–Kier alpha value is -3.15. The van der Waals surface area contributed by atoms with E-state index in [-0.39, 0.29) is 11.8 Å². The van der Waals surface area contributed by atoms with Crippen molar-refractivity contribution in [2.45, 2.75) is 31.8 Å². The largest absolute Gasteiger partial charge is 0.360 e. The molecule has 136 valence electrons. The van der Waals surface area contributed by atoms with E-state index in [0.29, 0.717) is 32.4 Å². The number of amides is 2. The first-order chi connectivity index (χ1) is 13.2. The van der Waals surface area contributed by atoms with Crippen LogP contribution in [0.25, 0.3) is 22.0 Å². The first-order valence-electron chi connectivity index (χ1n) is 9.24. The van der Waals surface area contributed by atoms with E-state index in [1.165, 1.54) is 0 Å². The summed E-state index contributed by atoms with van der Waals surface area (Å²) in [6.45, 7) is 1.05. The van der Waals surface area contributed by atoms with Gasteiger partial charge in [0.1, 0.15) is 17.5 Å². The highest BCUT2D eigenvalue weighted by Crippen LogP contribution is 2.34. The van der Waals surface area contributed by atoms with Gasteiger partial charge in [-0.25, -0.2) is 0 Å². The predicted molar refractivity (Wildman–Crippen MR) is 99.7 cm³/mol. The minimum Gasteiger partial charge on any atom is -0.360 e. The van der Waals surface area contributed by atoms with E-state index in [1.807, 2.05) is 29.2 Å². The van der Waals surface area contributed by atoms with Crippen LogP contribution in [0.5, 0.6) is 0 Å². The first kappa shape index (κ1) is 16.1. The van der Waals surface area contributed by atoms with Crippen LogP contribution in [0.2, 0.25) is 0 Å². The summed E-state index contributed by atoms with van der Waals surface area (Å²) >= 11 is 0. The molecule has 0 bridgehead atoms. The number of aromatic nitrogens is 1. The van der Waals surface area contributed by atoms with Gasteiger partial charge in [-0.05, 0) is 17.2 Å². The molecule has 1 saturated heterocycles. The fraction of sp³-hybridized carbons (Fsp3) is 0.286. The van der Waals surface area contributed by atoms with Gasteiger partial charge in [-0.3, -0.25) is 9.59 Å². The summed E-state index contributed by atoms with van der Waals surface area (Å²) < 4.78 is 5.60. The first-order valence-corrected chi connectivity index (χ1v) is 9.24. The highest BCUT2D eigenvalue weighted by Gasteiger charge is 2.34. The molecule has 6 nitrogen and oxygen atoms in total. The summed E-state index contributed by atoms with van der Waals surface area (Å²) in [4.78, 5) is 26.1. The lowest BCUT2D eigenvalue weighted by atomic mass is 9.96. The summed E-state index contributed by atoms with van der Waals surface area (Å²) in [5.74, 6) is 0.779. The molecule has 1 N–H and O–H groups in total. The van der Waals surface area contributed by atoms with E-state index < -0.39 is 6.04 Å². The van der Waals surface area contributed by atoms with Crippen LogP contribution >= 0.6 is 0 Å². The monoisotopic (exact) mass is 361 g/mol. The topological polar surface area (TPSA) is 75.4 Å². The van der Waals surface area contributed by atoms with Gasteiger partial charge >= 0.3 is 0 Å². The summed E-state index contributed by atoms with van der Waals surface area (Å²) in [7, 11) is 0. The Morgan fingerprint density at radius 3 is 2.85 bits per heavy atom. The quantitative estimate of drug-likeness (QED) is 0.761. The van der Waals surface area contributed by atoms with Gasteiger partial charge < -0.3 is 14.7 Å². The highest BCUT2D eigenvalue weighted by molar-refractivity contribution is 5.96. The molecule has 0 aliphatic carbocycles. The number of benzene rings is 2. The Morgan fingerprint density at radius 1 is 1.15 bits per heavy atom. The van der Waals surface area contributed by atoms with E-state index in [4.69, 9.17) is 4.52 Å². The lowest BCUT2D eigenvalue weighted by Gasteiger charge is -2.28. The maximum absolute atomic E-state index is 12.8. The molecule has 1 atom stereocenters. The molecular formula is C21H19N3O3. The van der Waals surface area contributed by atoms with E-state index >= 15 is 0 Å². The summed E-state index contributed by atoms with van der Waals surface area (Å²) in [6.07, 6.45) is 1.63. The van der Waals surface area contributed by atoms with Crippen LogP contribution in [0.4, 0.5) is 0 Å².